The van der Waals surface area contributed by atoms with Crippen LogP contribution in [0.2, 0.25) is 0 Å². The van der Waals surface area contributed by atoms with E-state index in [0.29, 0.717) is 0 Å². The molecule has 0 amide bonds. The number of rotatable bonds is 4. The zero-order chi connectivity index (χ0) is 14.7. The highest BCUT2D eigenvalue weighted by Gasteiger charge is 2.07. The molecule has 4 heteroatoms. The van der Waals surface area contributed by atoms with Gasteiger partial charge in [-0.1, -0.05) is 25.1 Å². The molecule has 0 bridgehead atoms. The Bertz CT molecular complexity index is 740. The number of hydrogen-bond acceptors (Lipinski definition) is 4. The fraction of sp³-hybridized carbons (Fsp3) is 0.235. The summed E-state index contributed by atoms with van der Waals surface area (Å²) in [6.45, 7) is 2.07. The molecule has 3 aromatic rings. The average Bonchev–Trinajstić information content (AvgIpc) is 2.55. The van der Waals surface area contributed by atoms with E-state index < -0.39 is 0 Å². The molecule has 1 aromatic carbocycles. The lowest BCUT2D eigenvalue weighted by Gasteiger charge is -2.08. The number of benzene rings is 1. The Labute approximate surface area is 124 Å². The number of aryl methyl sites for hydroxylation is 1. The van der Waals surface area contributed by atoms with Crippen LogP contribution in [0.25, 0.3) is 10.9 Å². The van der Waals surface area contributed by atoms with Crippen LogP contribution in [0.1, 0.15) is 24.0 Å². The first-order valence-electron chi connectivity index (χ1n) is 7.17. The monoisotopic (exact) mass is 278 g/mol. The second kappa shape index (κ2) is 5.87. The van der Waals surface area contributed by atoms with Crippen LogP contribution in [0.5, 0.6) is 0 Å². The molecule has 4 nitrogen and oxygen atoms in total. The minimum atomic E-state index is 0.785. The zero-order valence-corrected chi connectivity index (χ0v) is 12.3. The van der Waals surface area contributed by atoms with Gasteiger partial charge in [-0.15, -0.1) is 0 Å². The summed E-state index contributed by atoms with van der Waals surface area (Å²) in [5, 5.41) is 4.28. The van der Waals surface area contributed by atoms with Crippen LogP contribution in [-0.4, -0.2) is 22.0 Å². The van der Waals surface area contributed by atoms with Crippen molar-refractivity contribution in [2.24, 2.45) is 0 Å². The molecular weight excluding hydrogens is 260 g/mol. The van der Waals surface area contributed by atoms with E-state index in [4.69, 9.17) is 0 Å². The normalized spacial score (nSPS) is 10.8. The average molecular weight is 278 g/mol. The van der Waals surface area contributed by atoms with Crippen LogP contribution in [0, 0.1) is 0 Å². The van der Waals surface area contributed by atoms with Crippen molar-refractivity contribution in [2.75, 3.05) is 12.4 Å². The van der Waals surface area contributed by atoms with E-state index in [1.54, 1.807) is 0 Å². The zero-order valence-electron chi connectivity index (χ0n) is 12.3. The van der Waals surface area contributed by atoms with E-state index in [2.05, 4.69) is 39.3 Å². The summed E-state index contributed by atoms with van der Waals surface area (Å²) in [5.74, 6) is 1.74. The molecule has 0 spiro atoms. The predicted molar refractivity (Wildman–Crippen MR) is 85.5 cm³/mol. The van der Waals surface area contributed by atoms with Gasteiger partial charge in [-0.25, -0.2) is 9.97 Å². The molecule has 2 aromatic heterocycles. The third-order valence-electron chi connectivity index (χ3n) is 3.51. The molecule has 1 N–H and O–H groups in total. The van der Waals surface area contributed by atoms with Crippen LogP contribution >= 0.6 is 0 Å². The van der Waals surface area contributed by atoms with E-state index in [1.165, 1.54) is 10.9 Å². The summed E-state index contributed by atoms with van der Waals surface area (Å²) in [5.41, 5.74) is 3.29. The Morgan fingerprint density at radius 3 is 2.76 bits per heavy atom. The van der Waals surface area contributed by atoms with Gasteiger partial charge in [0, 0.05) is 37.5 Å². The molecule has 106 valence electrons. The van der Waals surface area contributed by atoms with Crippen LogP contribution in [0.3, 0.4) is 0 Å². The highest BCUT2D eigenvalue weighted by Crippen LogP contribution is 2.19. The smallest absolute Gasteiger partial charge is 0.130 e. The molecular formula is C17H18N4. The van der Waals surface area contributed by atoms with Crippen molar-refractivity contribution in [1.82, 2.24) is 15.0 Å². The summed E-state index contributed by atoms with van der Waals surface area (Å²) in [7, 11) is 1.88. The standard InChI is InChI=1S/C17H18N4/c1-3-16-20-13(11-17(18-2)21-16)10-12-8-9-19-15-7-5-4-6-14(12)15/h4-9,11H,3,10H2,1-2H3,(H,18,20,21). The third kappa shape index (κ3) is 2.84. The van der Waals surface area contributed by atoms with Gasteiger partial charge >= 0.3 is 0 Å². The number of para-hydroxylation sites is 1. The van der Waals surface area contributed by atoms with E-state index >= 15 is 0 Å². The fourth-order valence-electron chi connectivity index (χ4n) is 2.43. The lowest BCUT2D eigenvalue weighted by atomic mass is 10.0. The maximum absolute atomic E-state index is 4.63. The van der Waals surface area contributed by atoms with Gasteiger partial charge in [-0.3, -0.25) is 4.98 Å². The van der Waals surface area contributed by atoms with Crippen LogP contribution in [-0.2, 0) is 12.8 Å². The Morgan fingerprint density at radius 1 is 1.10 bits per heavy atom. The number of aromatic nitrogens is 3. The Morgan fingerprint density at radius 2 is 1.95 bits per heavy atom. The first-order chi connectivity index (χ1) is 10.3. The van der Waals surface area contributed by atoms with Gasteiger partial charge in [0.1, 0.15) is 11.6 Å². The minimum absolute atomic E-state index is 0.785. The molecule has 0 saturated heterocycles. The number of nitrogens with zero attached hydrogens (tertiary/aromatic N) is 3. The summed E-state index contributed by atoms with van der Waals surface area (Å²) in [6.07, 6.45) is 3.48. The van der Waals surface area contributed by atoms with Gasteiger partial charge < -0.3 is 5.32 Å². The minimum Gasteiger partial charge on any atom is -0.373 e. The van der Waals surface area contributed by atoms with Crippen molar-refractivity contribution in [3.05, 3.63) is 59.7 Å². The molecule has 0 radical (unpaired) electrons. The molecule has 0 aliphatic heterocycles. The second-order valence-electron chi connectivity index (χ2n) is 4.93. The molecule has 2 heterocycles. The Balaban J connectivity index is 2.02. The van der Waals surface area contributed by atoms with Crippen LogP contribution in [0.15, 0.2) is 42.6 Å². The largest absolute Gasteiger partial charge is 0.373 e. The summed E-state index contributed by atoms with van der Waals surface area (Å²) < 4.78 is 0. The van der Waals surface area contributed by atoms with Gasteiger partial charge in [-0.2, -0.15) is 0 Å². The van der Waals surface area contributed by atoms with Crippen molar-refractivity contribution in [3.8, 4) is 0 Å². The topological polar surface area (TPSA) is 50.7 Å². The molecule has 0 saturated carbocycles. The second-order valence-corrected chi connectivity index (χ2v) is 4.93. The van der Waals surface area contributed by atoms with Gasteiger partial charge in [0.25, 0.3) is 0 Å². The van der Waals surface area contributed by atoms with Gasteiger partial charge in [-0.05, 0) is 17.7 Å². The van der Waals surface area contributed by atoms with Crippen LogP contribution in [0.4, 0.5) is 5.82 Å². The molecule has 0 unspecified atom stereocenters. The van der Waals surface area contributed by atoms with E-state index in [-0.39, 0.29) is 0 Å². The predicted octanol–water partition coefficient (Wildman–Crippen LogP) is 3.22. The lowest BCUT2D eigenvalue weighted by Crippen LogP contribution is -2.04. The number of hydrogen-bond donors (Lipinski definition) is 1. The highest BCUT2D eigenvalue weighted by molar-refractivity contribution is 5.82. The van der Waals surface area contributed by atoms with Crippen LogP contribution < -0.4 is 5.32 Å². The van der Waals surface area contributed by atoms with E-state index in [9.17, 15) is 0 Å². The molecule has 0 atom stereocenters. The summed E-state index contributed by atoms with van der Waals surface area (Å²) >= 11 is 0. The maximum atomic E-state index is 4.63. The number of anilines is 1. The summed E-state index contributed by atoms with van der Waals surface area (Å²) in [4.78, 5) is 13.5. The third-order valence-corrected chi connectivity index (χ3v) is 3.51. The lowest BCUT2D eigenvalue weighted by molar-refractivity contribution is 0.900. The number of pyridine rings is 1. The fourth-order valence-corrected chi connectivity index (χ4v) is 2.43. The Kier molecular flexibility index (Phi) is 3.77. The van der Waals surface area contributed by atoms with Crippen molar-refractivity contribution in [2.45, 2.75) is 19.8 Å². The maximum Gasteiger partial charge on any atom is 0.130 e. The quantitative estimate of drug-likeness (QED) is 0.796. The van der Waals surface area contributed by atoms with Crippen molar-refractivity contribution >= 4 is 16.7 Å². The molecule has 0 aliphatic carbocycles. The van der Waals surface area contributed by atoms with Crippen molar-refractivity contribution < 1.29 is 0 Å². The molecule has 0 fully saturated rings. The van der Waals surface area contributed by atoms with Crippen molar-refractivity contribution in [3.63, 3.8) is 0 Å². The number of nitrogens with one attached hydrogen (secondary N) is 1. The molecule has 21 heavy (non-hydrogen) atoms. The van der Waals surface area contributed by atoms with E-state index in [0.717, 1.165) is 35.7 Å². The first-order valence-corrected chi connectivity index (χ1v) is 7.17. The molecule has 3 rings (SSSR count). The SMILES string of the molecule is CCc1nc(Cc2ccnc3ccccc23)cc(NC)n1. The van der Waals surface area contributed by atoms with E-state index in [1.807, 2.05) is 37.5 Å². The van der Waals surface area contributed by atoms with Gasteiger partial charge in [0.05, 0.1) is 11.2 Å². The first kappa shape index (κ1) is 13.5. The summed E-state index contributed by atoms with van der Waals surface area (Å²) in [6, 6.07) is 12.3. The van der Waals surface area contributed by atoms with Gasteiger partial charge in [0.2, 0.25) is 0 Å². The van der Waals surface area contributed by atoms with Crippen molar-refractivity contribution in [1.29, 1.82) is 0 Å². The highest BCUT2D eigenvalue weighted by atomic mass is 15.0. The number of fused-ring (bicyclic) bond motifs is 1. The Hall–Kier alpha value is -2.49. The molecule has 0 aliphatic rings. The van der Waals surface area contributed by atoms with Gasteiger partial charge in [0.15, 0.2) is 0 Å².